The van der Waals surface area contributed by atoms with Gasteiger partial charge in [-0.1, -0.05) is 0 Å². The van der Waals surface area contributed by atoms with Crippen molar-refractivity contribution in [3.63, 3.8) is 0 Å². The van der Waals surface area contributed by atoms with Gasteiger partial charge in [-0.3, -0.25) is 9.59 Å². The molecule has 0 aliphatic carbocycles. The normalized spacial score (nSPS) is 10.2. The molecule has 2 amide bonds. The first kappa shape index (κ1) is 8.98. The van der Waals surface area contributed by atoms with Crippen molar-refractivity contribution in [2.75, 3.05) is 0 Å². The van der Waals surface area contributed by atoms with Crippen LogP contribution < -0.4 is 11.2 Å². The van der Waals surface area contributed by atoms with Crippen molar-refractivity contribution in [2.45, 2.75) is 0 Å². The number of primary amides is 1. The number of rotatable bonds is 2. The van der Waals surface area contributed by atoms with Crippen LogP contribution in [0.15, 0.2) is 27.9 Å². The monoisotopic (exact) mass is 181 g/mol. The van der Waals surface area contributed by atoms with Crippen LogP contribution in [0.3, 0.4) is 0 Å². The van der Waals surface area contributed by atoms with Gasteiger partial charge in [0.05, 0.1) is 12.5 Å². The van der Waals surface area contributed by atoms with Gasteiger partial charge in [0, 0.05) is 0 Å². The first-order valence-electron chi connectivity index (χ1n) is 3.36. The summed E-state index contributed by atoms with van der Waals surface area (Å²) in [5, 5.41) is 3.42. The van der Waals surface area contributed by atoms with Crippen molar-refractivity contribution in [2.24, 2.45) is 10.8 Å². The molecule has 0 unspecified atom stereocenters. The highest BCUT2D eigenvalue weighted by molar-refractivity contribution is 6.34. The number of carbonyl (C=O) groups excluding carboxylic acids is 2. The van der Waals surface area contributed by atoms with E-state index in [0.717, 1.165) is 0 Å². The van der Waals surface area contributed by atoms with E-state index in [9.17, 15) is 9.59 Å². The Hall–Kier alpha value is -2.11. The number of nitrogens with two attached hydrogens (primary N) is 1. The van der Waals surface area contributed by atoms with Crippen LogP contribution in [0, 0.1) is 0 Å². The average molecular weight is 181 g/mol. The Balaban J connectivity index is 2.43. The SMILES string of the molecule is NC(=O)C(=O)N/N=C/c1ccco1. The van der Waals surface area contributed by atoms with E-state index in [2.05, 4.69) is 10.8 Å². The summed E-state index contributed by atoms with van der Waals surface area (Å²) in [5.41, 5.74) is 6.56. The maximum atomic E-state index is 10.5. The summed E-state index contributed by atoms with van der Waals surface area (Å²) < 4.78 is 4.86. The summed E-state index contributed by atoms with van der Waals surface area (Å²) in [6.45, 7) is 0. The molecule has 0 aliphatic rings. The molecule has 3 N–H and O–H groups in total. The van der Waals surface area contributed by atoms with E-state index in [1.54, 1.807) is 12.1 Å². The smallest absolute Gasteiger partial charge is 0.329 e. The first-order valence-corrected chi connectivity index (χ1v) is 3.36. The number of nitrogens with one attached hydrogen (secondary N) is 1. The Kier molecular flexibility index (Phi) is 2.80. The summed E-state index contributed by atoms with van der Waals surface area (Å²) >= 11 is 0. The molecule has 1 aromatic rings. The molecule has 0 aromatic carbocycles. The standard InChI is InChI=1S/C7H7N3O3/c8-6(11)7(12)10-9-4-5-2-1-3-13-5/h1-4H,(H2,8,11)(H,10,12)/b9-4+. The van der Waals surface area contributed by atoms with Gasteiger partial charge in [-0.2, -0.15) is 5.10 Å². The molecule has 0 saturated carbocycles. The van der Waals surface area contributed by atoms with Gasteiger partial charge >= 0.3 is 11.8 Å². The highest BCUT2D eigenvalue weighted by Gasteiger charge is 2.05. The lowest BCUT2D eigenvalue weighted by Crippen LogP contribution is -2.32. The van der Waals surface area contributed by atoms with Crippen molar-refractivity contribution in [3.8, 4) is 0 Å². The Morgan fingerprint density at radius 3 is 2.92 bits per heavy atom. The van der Waals surface area contributed by atoms with Gasteiger partial charge in [-0.05, 0) is 12.1 Å². The number of hydrazone groups is 1. The Morgan fingerprint density at radius 1 is 1.62 bits per heavy atom. The molecule has 0 fully saturated rings. The second-order valence-corrected chi connectivity index (χ2v) is 2.08. The molecule has 0 bridgehead atoms. The third-order valence-electron chi connectivity index (χ3n) is 1.12. The van der Waals surface area contributed by atoms with E-state index in [1.165, 1.54) is 12.5 Å². The topological polar surface area (TPSA) is 97.7 Å². The van der Waals surface area contributed by atoms with Gasteiger partial charge in [-0.25, -0.2) is 5.43 Å². The van der Waals surface area contributed by atoms with Gasteiger partial charge in [0.15, 0.2) is 0 Å². The van der Waals surface area contributed by atoms with Crippen LogP contribution in [-0.2, 0) is 9.59 Å². The minimum absolute atomic E-state index is 0.463. The molecule has 1 heterocycles. The van der Waals surface area contributed by atoms with E-state index in [1.807, 2.05) is 5.43 Å². The third kappa shape index (κ3) is 2.78. The van der Waals surface area contributed by atoms with Crippen LogP contribution in [0.4, 0.5) is 0 Å². The molecular weight excluding hydrogens is 174 g/mol. The zero-order chi connectivity index (χ0) is 9.68. The summed E-state index contributed by atoms with van der Waals surface area (Å²) in [7, 11) is 0. The van der Waals surface area contributed by atoms with Gasteiger partial charge in [0.25, 0.3) is 0 Å². The van der Waals surface area contributed by atoms with E-state index >= 15 is 0 Å². The molecule has 13 heavy (non-hydrogen) atoms. The zero-order valence-electron chi connectivity index (χ0n) is 6.56. The van der Waals surface area contributed by atoms with E-state index in [0.29, 0.717) is 5.76 Å². The quantitative estimate of drug-likeness (QED) is 0.355. The summed E-state index contributed by atoms with van der Waals surface area (Å²) in [6, 6.07) is 3.30. The van der Waals surface area contributed by atoms with Crippen LogP contribution in [0.2, 0.25) is 0 Å². The average Bonchev–Trinajstić information content (AvgIpc) is 2.56. The molecule has 68 valence electrons. The number of amides is 2. The lowest BCUT2D eigenvalue weighted by molar-refractivity contribution is -0.137. The highest BCUT2D eigenvalue weighted by atomic mass is 16.3. The lowest BCUT2D eigenvalue weighted by atomic mass is 10.5. The Bertz CT molecular complexity index is 329. The molecular formula is C7H7N3O3. The van der Waals surface area contributed by atoms with Crippen molar-refractivity contribution in [1.29, 1.82) is 0 Å². The van der Waals surface area contributed by atoms with Crippen LogP contribution in [0.25, 0.3) is 0 Å². The summed E-state index contributed by atoms with van der Waals surface area (Å²) in [5.74, 6) is -1.59. The Labute approximate surface area is 73.4 Å². The number of furan rings is 1. The first-order chi connectivity index (χ1) is 6.20. The lowest BCUT2D eigenvalue weighted by Gasteiger charge is -1.91. The van der Waals surface area contributed by atoms with Gasteiger partial charge in [-0.15, -0.1) is 0 Å². The van der Waals surface area contributed by atoms with E-state index < -0.39 is 11.8 Å². The molecule has 1 rings (SSSR count). The fraction of sp³-hybridized carbons (Fsp3) is 0. The van der Waals surface area contributed by atoms with Gasteiger partial charge in [0.2, 0.25) is 0 Å². The van der Waals surface area contributed by atoms with Gasteiger partial charge in [0.1, 0.15) is 5.76 Å². The molecule has 6 nitrogen and oxygen atoms in total. The summed E-state index contributed by atoms with van der Waals surface area (Å²) in [4.78, 5) is 20.7. The predicted octanol–water partition coefficient (Wildman–Crippen LogP) is -0.785. The van der Waals surface area contributed by atoms with Crippen LogP contribution in [0.1, 0.15) is 5.76 Å². The van der Waals surface area contributed by atoms with E-state index in [4.69, 9.17) is 4.42 Å². The number of nitrogens with zero attached hydrogens (tertiary/aromatic N) is 1. The second kappa shape index (κ2) is 4.05. The second-order valence-electron chi connectivity index (χ2n) is 2.08. The van der Waals surface area contributed by atoms with Gasteiger partial charge < -0.3 is 10.2 Å². The van der Waals surface area contributed by atoms with Crippen molar-refractivity contribution in [3.05, 3.63) is 24.2 Å². The minimum atomic E-state index is -1.09. The molecule has 1 aromatic heterocycles. The van der Waals surface area contributed by atoms with Crippen LogP contribution in [-0.4, -0.2) is 18.0 Å². The molecule has 6 heteroatoms. The number of carbonyl (C=O) groups is 2. The maximum absolute atomic E-state index is 10.5. The predicted molar refractivity (Wildman–Crippen MR) is 43.6 cm³/mol. The van der Waals surface area contributed by atoms with Crippen molar-refractivity contribution in [1.82, 2.24) is 5.43 Å². The molecule has 0 atom stereocenters. The van der Waals surface area contributed by atoms with Crippen LogP contribution in [0.5, 0.6) is 0 Å². The maximum Gasteiger partial charge on any atom is 0.329 e. The van der Waals surface area contributed by atoms with Crippen LogP contribution >= 0.6 is 0 Å². The zero-order valence-corrected chi connectivity index (χ0v) is 6.56. The number of hydrogen-bond acceptors (Lipinski definition) is 4. The fourth-order valence-corrected chi connectivity index (χ4v) is 0.574. The molecule has 0 saturated heterocycles. The molecule has 0 spiro atoms. The Morgan fingerprint density at radius 2 is 2.38 bits per heavy atom. The molecule has 0 radical (unpaired) electrons. The third-order valence-corrected chi connectivity index (χ3v) is 1.12. The summed E-state index contributed by atoms with van der Waals surface area (Å²) in [6.07, 6.45) is 2.71. The van der Waals surface area contributed by atoms with Crippen molar-refractivity contribution >= 4 is 18.0 Å². The highest BCUT2D eigenvalue weighted by Crippen LogP contribution is 1.94. The molecule has 0 aliphatic heterocycles. The van der Waals surface area contributed by atoms with E-state index in [-0.39, 0.29) is 0 Å². The number of hydrogen-bond donors (Lipinski definition) is 2. The fourth-order valence-electron chi connectivity index (χ4n) is 0.574. The largest absolute Gasteiger partial charge is 0.463 e. The minimum Gasteiger partial charge on any atom is -0.463 e. The van der Waals surface area contributed by atoms with Crippen molar-refractivity contribution < 1.29 is 14.0 Å².